The molecule has 0 aliphatic carbocycles. The normalized spacial score (nSPS) is 21.7. The number of β-amino-alcohol motifs (C(OH)–C–C–N with tert-alkyl or cyclic N) is 1. The van der Waals surface area contributed by atoms with Crippen molar-refractivity contribution < 1.29 is 9.84 Å². The van der Waals surface area contributed by atoms with Crippen molar-refractivity contribution in [2.24, 2.45) is 0 Å². The number of anilines is 2. The molecule has 1 aromatic carbocycles. The molecule has 8 heteroatoms. The number of hydrogen-bond donors (Lipinski definition) is 3. The molecule has 0 bridgehead atoms. The highest BCUT2D eigenvalue weighted by Crippen LogP contribution is 2.25. The molecule has 2 aliphatic rings. The minimum atomic E-state index is -0.786. The Hall–Kier alpha value is -2.42. The van der Waals surface area contributed by atoms with Crippen LogP contribution in [0.2, 0.25) is 0 Å². The monoisotopic (exact) mass is 454 g/mol. The van der Waals surface area contributed by atoms with Crippen LogP contribution in [-0.2, 0) is 6.54 Å². The molecule has 2 fully saturated rings. The van der Waals surface area contributed by atoms with E-state index in [2.05, 4.69) is 42.5 Å². The third-order valence-corrected chi connectivity index (χ3v) is 6.59. The number of rotatable bonds is 10. The van der Waals surface area contributed by atoms with Crippen molar-refractivity contribution in [2.75, 3.05) is 63.1 Å². The van der Waals surface area contributed by atoms with Crippen molar-refractivity contribution in [3.05, 3.63) is 42.2 Å². The lowest BCUT2D eigenvalue weighted by Gasteiger charge is -2.40. The van der Waals surface area contributed by atoms with Gasteiger partial charge in [0.15, 0.2) is 0 Å². The third-order valence-electron chi connectivity index (χ3n) is 6.59. The lowest BCUT2D eigenvalue weighted by Crippen LogP contribution is -2.53. The number of nitrogens with one attached hydrogen (secondary N) is 2. The standard InChI is InChI=1S/C25H38N6O2/c1-26-23-16-24(29-20-28-23)31-12-6-9-25(32,19-31)18-27-17-21-7-5-8-22(15-21)33-14-13-30-10-3-2-4-11-30/h5,7-8,15-16,20,27,32H,2-4,6,9-14,17-19H2,1H3,(H,26,28,29)/t25-/m0/s1. The van der Waals surface area contributed by atoms with Crippen molar-refractivity contribution in [3.8, 4) is 5.75 Å². The lowest BCUT2D eigenvalue weighted by molar-refractivity contribution is 0.0259. The Morgan fingerprint density at radius 1 is 1.09 bits per heavy atom. The number of likely N-dealkylation sites (tertiary alicyclic amines) is 1. The molecule has 0 unspecified atom stereocenters. The molecular formula is C25H38N6O2. The molecule has 0 spiro atoms. The molecule has 8 nitrogen and oxygen atoms in total. The summed E-state index contributed by atoms with van der Waals surface area (Å²) in [6.07, 6.45) is 7.24. The summed E-state index contributed by atoms with van der Waals surface area (Å²) in [4.78, 5) is 13.2. The molecule has 4 rings (SSSR count). The van der Waals surface area contributed by atoms with E-state index < -0.39 is 5.60 Å². The van der Waals surface area contributed by atoms with E-state index in [0.717, 1.165) is 55.5 Å². The molecule has 3 heterocycles. The SMILES string of the molecule is CNc1cc(N2CCC[C@](O)(CNCc3cccc(OCCN4CCCCC4)c3)C2)ncn1. The molecular weight excluding hydrogens is 416 g/mol. The van der Waals surface area contributed by atoms with Crippen LogP contribution in [0.5, 0.6) is 5.75 Å². The summed E-state index contributed by atoms with van der Waals surface area (Å²) in [5, 5.41) is 17.7. The van der Waals surface area contributed by atoms with Crippen molar-refractivity contribution >= 4 is 11.6 Å². The number of aromatic nitrogens is 2. The minimum Gasteiger partial charge on any atom is -0.492 e. The van der Waals surface area contributed by atoms with E-state index in [0.29, 0.717) is 19.6 Å². The molecule has 1 atom stereocenters. The van der Waals surface area contributed by atoms with Gasteiger partial charge in [0, 0.05) is 45.8 Å². The van der Waals surface area contributed by atoms with Gasteiger partial charge in [0.2, 0.25) is 0 Å². The Balaban J connectivity index is 1.23. The summed E-state index contributed by atoms with van der Waals surface area (Å²) in [5.41, 5.74) is 0.377. The molecule has 2 aliphatic heterocycles. The van der Waals surface area contributed by atoms with Crippen molar-refractivity contribution in [3.63, 3.8) is 0 Å². The van der Waals surface area contributed by atoms with Crippen molar-refractivity contribution in [1.29, 1.82) is 0 Å². The fraction of sp³-hybridized carbons (Fsp3) is 0.600. The Morgan fingerprint density at radius 2 is 1.97 bits per heavy atom. The van der Waals surface area contributed by atoms with E-state index in [1.807, 2.05) is 25.2 Å². The highest BCUT2D eigenvalue weighted by atomic mass is 16.5. The van der Waals surface area contributed by atoms with Gasteiger partial charge in [0.25, 0.3) is 0 Å². The van der Waals surface area contributed by atoms with Crippen LogP contribution in [0, 0.1) is 0 Å². The Labute approximate surface area is 197 Å². The van der Waals surface area contributed by atoms with Gasteiger partial charge in [-0.1, -0.05) is 18.6 Å². The minimum absolute atomic E-state index is 0.535. The first-order chi connectivity index (χ1) is 16.1. The summed E-state index contributed by atoms with van der Waals surface area (Å²) in [6, 6.07) is 10.2. The van der Waals surface area contributed by atoms with Crippen LogP contribution in [0.1, 0.15) is 37.7 Å². The lowest BCUT2D eigenvalue weighted by atomic mass is 9.92. The van der Waals surface area contributed by atoms with Gasteiger partial charge in [0.1, 0.15) is 30.3 Å². The van der Waals surface area contributed by atoms with Gasteiger partial charge >= 0.3 is 0 Å². The van der Waals surface area contributed by atoms with Gasteiger partial charge < -0.3 is 25.4 Å². The predicted molar refractivity (Wildman–Crippen MR) is 132 cm³/mol. The summed E-state index contributed by atoms with van der Waals surface area (Å²) in [6.45, 7) is 6.79. The summed E-state index contributed by atoms with van der Waals surface area (Å²) in [7, 11) is 1.84. The fourth-order valence-electron chi connectivity index (χ4n) is 4.77. The Bertz CT molecular complexity index is 875. The van der Waals surface area contributed by atoms with Crippen LogP contribution < -0.4 is 20.3 Å². The average molecular weight is 455 g/mol. The Kier molecular flexibility index (Phi) is 8.36. The van der Waals surface area contributed by atoms with Gasteiger partial charge in [-0.15, -0.1) is 0 Å². The van der Waals surface area contributed by atoms with E-state index in [9.17, 15) is 5.11 Å². The van der Waals surface area contributed by atoms with Gasteiger partial charge in [-0.2, -0.15) is 0 Å². The molecule has 2 aromatic rings. The van der Waals surface area contributed by atoms with Crippen LogP contribution in [0.25, 0.3) is 0 Å². The first kappa shape index (κ1) is 23.7. The van der Waals surface area contributed by atoms with Crippen molar-refractivity contribution in [2.45, 2.75) is 44.2 Å². The van der Waals surface area contributed by atoms with Crippen LogP contribution in [0.3, 0.4) is 0 Å². The second-order valence-corrected chi connectivity index (χ2v) is 9.26. The van der Waals surface area contributed by atoms with Crippen molar-refractivity contribution in [1.82, 2.24) is 20.2 Å². The fourth-order valence-corrected chi connectivity index (χ4v) is 4.77. The number of hydrogen-bond acceptors (Lipinski definition) is 8. The molecule has 1 aromatic heterocycles. The van der Waals surface area contributed by atoms with Gasteiger partial charge in [-0.25, -0.2) is 9.97 Å². The molecule has 2 saturated heterocycles. The number of ether oxygens (including phenoxy) is 1. The van der Waals surface area contributed by atoms with Crippen LogP contribution >= 0.6 is 0 Å². The number of piperidine rings is 2. The van der Waals surface area contributed by atoms with E-state index in [1.54, 1.807) is 6.33 Å². The summed E-state index contributed by atoms with van der Waals surface area (Å²) in [5.74, 6) is 2.55. The largest absolute Gasteiger partial charge is 0.492 e. The average Bonchev–Trinajstić information content (AvgIpc) is 2.85. The predicted octanol–water partition coefficient (Wildman–Crippen LogP) is 2.50. The van der Waals surface area contributed by atoms with E-state index >= 15 is 0 Å². The van der Waals surface area contributed by atoms with E-state index in [1.165, 1.54) is 32.4 Å². The highest BCUT2D eigenvalue weighted by molar-refractivity contribution is 5.48. The quantitative estimate of drug-likeness (QED) is 0.505. The van der Waals surface area contributed by atoms with Crippen LogP contribution in [0.4, 0.5) is 11.6 Å². The van der Waals surface area contributed by atoms with E-state index in [-0.39, 0.29) is 0 Å². The third kappa shape index (κ3) is 7.03. The van der Waals surface area contributed by atoms with E-state index in [4.69, 9.17) is 4.74 Å². The second kappa shape index (κ2) is 11.6. The molecule has 0 radical (unpaired) electrons. The molecule has 33 heavy (non-hydrogen) atoms. The molecule has 0 saturated carbocycles. The zero-order chi connectivity index (χ0) is 22.9. The first-order valence-electron chi connectivity index (χ1n) is 12.3. The number of nitrogens with zero attached hydrogens (tertiary/aromatic N) is 4. The zero-order valence-corrected chi connectivity index (χ0v) is 19.8. The summed E-state index contributed by atoms with van der Waals surface area (Å²) < 4.78 is 6.00. The molecule has 180 valence electrons. The smallest absolute Gasteiger partial charge is 0.134 e. The number of aliphatic hydroxyl groups is 1. The maximum atomic E-state index is 11.2. The van der Waals surface area contributed by atoms with Crippen LogP contribution in [0.15, 0.2) is 36.7 Å². The topological polar surface area (TPSA) is 85.8 Å². The maximum absolute atomic E-state index is 11.2. The zero-order valence-electron chi connectivity index (χ0n) is 19.8. The Morgan fingerprint density at radius 3 is 2.82 bits per heavy atom. The first-order valence-corrected chi connectivity index (χ1v) is 12.3. The second-order valence-electron chi connectivity index (χ2n) is 9.26. The maximum Gasteiger partial charge on any atom is 0.134 e. The summed E-state index contributed by atoms with van der Waals surface area (Å²) >= 11 is 0. The molecule has 3 N–H and O–H groups in total. The van der Waals surface area contributed by atoms with Gasteiger partial charge in [-0.3, -0.25) is 4.90 Å². The highest BCUT2D eigenvalue weighted by Gasteiger charge is 2.33. The van der Waals surface area contributed by atoms with Gasteiger partial charge in [-0.05, 0) is 56.5 Å². The van der Waals surface area contributed by atoms with Crippen LogP contribution in [-0.4, -0.2) is 78.5 Å². The van der Waals surface area contributed by atoms with Gasteiger partial charge in [0.05, 0.1) is 5.60 Å². The molecule has 0 amide bonds. The number of benzene rings is 1.